The van der Waals surface area contributed by atoms with E-state index in [2.05, 4.69) is 5.32 Å². The lowest BCUT2D eigenvalue weighted by Gasteiger charge is -2.25. The number of nitrogens with zero attached hydrogens (tertiary/aromatic N) is 2. The summed E-state index contributed by atoms with van der Waals surface area (Å²) < 4.78 is 5.44. The van der Waals surface area contributed by atoms with Gasteiger partial charge >= 0.3 is 0 Å². The Morgan fingerprint density at radius 1 is 1.11 bits per heavy atom. The summed E-state index contributed by atoms with van der Waals surface area (Å²) in [7, 11) is 1.68. The minimum Gasteiger partial charge on any atom is -0.469 e. The van der Waals surface area contributed by atoms with Gasteiger partial charge in [-0.05, 0) is 24.6 Å². The third-order valence-electron chi connectivity index (χ3n) is 6.33. The zero-order valence-corrected chi connectivity index (χ0v) is 20.1. The molecule has 3 aromatic rings. The molecule has 0 saturated heterocycles. The number of amides is 2. The van der Waals surface area contributed by atoms with Crippen LogP contribution in [-0.4, -0.2) is 41.9 Å². The van der Waals surface area contributed by atoms with E-state index in [9.17, 15) is 14.7 Å². The second kappa shape index (κ2) is 11.1. The maximum Gasteiger partial charge on any atom is 0.272 e. The molecule has 2 aromatic carbocycles. The van der Waals surface area contributed by atoms with Gasteiger partial charge in [-0.2, -0.15) is 0 Å². The summed E-state index contributed by atoms with van der Waals surface area (Å²) in [6, 6.07) is 20.7. The van der Waals surface area contributed by atoms with E-state index >= 15 is 0 Å². The Kier molecular flexibility index (Phi) is 7.77. The molecule has 0 spiro atoms. The summed E-state index contributed by atoms with van der Waals surface area (Å²) >= 11 is 0. The van der Waals surface area contributed by atoms with Crippen molar-refractivity contribution in [3.05, 3.63) is 89.9 Å². The van der Waals surface area contributed by atoms with Gasteiger partial charge in [0.1, 0.15) is 5.76 Å². The Morgan fingerprint density at radius 3 is 2.57 bits per heavy atom. The molecule has 4 rings (SSSR count). The molecule has 2 heterocycles. The average Bonchev–Trinajstić information content (AvgIpc) is 3.38. The Hall–Kier alpha value is -3.71. The average molecular weight is 474 g/mol. The molecule has 0 bridgehead atoms. The summed E-state index contributed by atoms with van der Waals surface area (Å²) in [5, 5.41) is 13.7. The molecular formula is C28H31N3O4. The lowest BCUT2D eigenvalue weighted by atomic mass is 9.92. The summed E-state index contributed by atoms with van der Waals surface area (Å²) in [5.74, 6) is -0.951. The number of hydrogen-bond donors (Lipinski definition) is 2. The van der Waals surface area contributed by atoms with Crippen molar-refractivity contribution in [2.75, 3.05) is 11.9 Å². The Bertz CT molecular complexity index is 1170. The highest BCUT2D eigenvalue weighted by Gasteiger charge is 2.34. The fourth-order valence-corrected chi connectivity index (χ4v) is 4.35. The van der Waals surface area contributed by atoms with Gasteiger partial charge in [0.2, 0.25) is 12.1 Å². The molecule has 1 aliphatic rings. The van der Waals surface area contributed by atoms with Crippen LogP contribution in [0, 0.1) is 5.92 Å². The molecule has 1 unspecified atom stereocenters. The lowest BCUT2D eigenvalue weighted by molar-refractivity contribution is -0.132. The largest absolute Gasteiger partial charge is 0.469 e. The standard InChI is InChI=1S/C28H31N3O4/c1-3-4-16-24(32)22(18-20-13-10-17-35-20)27(33)30-26-28(34)31(2)23-15-9-8-14-21(23)25(29-26)19-11-6-5-7-12-19/h5-15,17,22,24,26,32H,3-4,16,18H2,1-2H3,(H,30,33)/t22-,24+,26?/m1/s1. The van der Waals surface area contributed by atoms with E-state index in [1.165, 1.54) is 4.90 Å². The minimum absolute atomic E-state index is 0.232. The van der Waals surface area contributed by atoms with Gasteiger partial charge in [0, 0.05) is 24.6 Å². The fourth-order valence-electron chi connectivity index (χ4n) is 4.35. The number of para-hydroxylation sites is 1. The molecule has 0 fully saturated rings. The number of benzodiazepines with no additional fused rings is 1. The Balaban J connectivity index is 1.67. The first-order valence-corrected chi connectivity index (χ1v) is 12.0. The summed E-state index contributed by atoms with van der Waals surface area (Å²) in [6.07, 6.45) is 1.95. The molecule has 3 atom stereocenters. The number of likely N-dealkylation sites (N-methyl/N-ethyl adjacent to an activating group) is 1. The maximum absolute atomic E-state index is 13.5. The van der Waals surface area contributed by atoms with Crippen molar-refractivity contribution in [1.82, 2.24) is 5.32 Å². The van der Waals surface area contributed by atoms with Crippen LogP contribution in [0.4, 0.5) is 5.69 Å². The van der Waals surface area contributed by atoms with Crippen LogP contribution in [0.15, 0.2) is 82.4 Å². The summed E-state index contributed by atoms with van der Waals surface area (Å²) in [6.45, 7) is 2.03. The third kappa shape index (κ3) is 5.52. The number of benzene rings is 2. The first-order chi connectivity index (χ1) is 17.0. The van der Waals surface area contributed by atoms with Gasteiger partial charge in [0.05, 0.1) is 29.7 Å². The van der Waals surface area contributed by atoms with Crippen molar-refractivity contribution < 1.29 is 19.1 Å². The lowest BCUT2D eigenvalue weighted by Crippen LogP contribution is -2.50. The number of nitrogens with one attached hydrogen (secondary N) is 1. The van der Waals surface area contributed by atoms with Crippen LogP contribution < -0.4 is 10.2 Å². The first-order valence-electron chi connectivity index (χ1n) is 12.0. The number of hydrogen-bond acceptors (Lipinski definition) is 5. The number of rotatable bonds is 9. The van der Waals surface area contributed by atoms with Crippen molar-refractivity contribution >= 4 is 23.2 Å². The highest BCUT2D eigenvalue weighted by Crippen LogP contribution is 2.27. The van der Waals surface area contributed by atoms with Crippen LogP contribution in [0.3, 0.4) is 0 Å². The topological polar surface area (TPSA) is 95.1 Å². The Morgan fingerprint density at radius 2 is 1.86 bits per heavy atom. The highest BCUT2D eigenvalue weighted by atomic mass is 16.3. The normalized spacial score (nSPS) is 17.2. The second-order valence-corrected chi connectivity index (χ2v) is 8.77. The van der Waals surface area contributed by atoms with Crippen LogP contribution in [0.2, 0.25) is 0 Å². The molecule has 35 heavy (non-hydrogen) atoms. The molecule has 7 heteroatoms. The van der Waals surface area contributed by atoms with E-state index in [1.807, 2.05) is 61.5 Å². The number of aliphatic imine (C=N–C) groups is 1. The number of carbonyl (C=O) groups excluding carboxylic acids is 2. The van der Waals surface area contributed by atoms with E-state index in [1.54, 1.807) is 25.4 Å². The monoisotopic (exact) mass is 473 g/mol. The Labute approximate surface area is 205 Å². The van der Waals surface area contributed by atoms with Crippen molar-refractivity contribution in [3.8, 4) is 0 Å². The zero-order chi connectivity index (χ0) is 24.8. The number of unbranched alkanes of at least 4 members (excludes halogenated alkanes) is 1. The molecular weight excluding hydrogens is 442 g/mol. The van der Waals surface area contributed by atoms with Gasteiger partial charge in [0.15, 0.2) is 0 Å². The maximum atomic E-state index is 13.5. The van der Waals surface area contributed by atoms with Gasteiger partial charge in [-0.25, -0.2) is 4.99 Å². The number of furan rings is 1. The fraction of sp³-hybridized carbons (Fsp3) is 0.321. The molecule has 182 valence electrons. The van der Waals surface area contributed by atoms with Crippen molar-refractivity contribution in [3.63, 3.8) is 0 Å². The predicted molar refractivity (Wildman–Crippen MR) is 135 cm³/mol. The number of carbonyl (C=O) groups is 2. The number of aliphatic hydroxyl groups is 1. The summed E-state index contributed by atoms with van der Waals surface area (Å²) in [4.78, 5) is 33.2. The van der Waals surface area contributed by atoms with E-state index in [4.69, 9.17) is 9.41 Å². The molecule has 7 nitrogen and oxygen atoms in total. The molecule has 1 aromatic heterocycles. The smallest absolute Gasteiger partial charge is 0.272 e. The number of aliphatic hydroxyl groups excluding tert-OH is 1. The predicted octanol–water partition coefficient (Wildman–Crippen LogP) is 3.95. The number of anilines is 1. The third-order valence-corrected chi connectivity index (χ3v) is 6.33. The molecule has 0 aliphatic carbocycles. The molecule has 0 saturated carbocycles. The van der Waals surface area contributed by atoms with Crippen molar-refractivity contribution in [2.24, 2.45) is 10.9 Å². The van der Waals surface area contributed by atoms with Gasteiger partial charge in [-0.3, -0.25) is 9.59 Å². The molecule has 2 N–H and O–H groups in total. The first kappa shape index (κ1) is 24.4. The van der Waals surface area contributed by atoms with E-state index < -0.39 is 24.1 Å². The summed E-state index contributed by atoms with van der Waals surface area (Å²) in [5.41, 5.74) is 2.99. The number of fused-ring (bicyclic) bond motifs is 1. The van der Waals surface area contributed by atoms with E-state index in [0.717, 1.165) is 24.0 Å². The van der Waals surface area contributed by atoms with Crippen LogP contribution in [0.25, 0.3) is 0 Å². The van der Waals surface area contributed by atoms with Gasteiger partial charge < -0.3 is 19.7 Å². The minimum atomic E-state index is -1.13. The molecule has 2 amide bonds. The van der Waals surface area contributed by atoms with E-state index in [0.29, 0.717) is 23.6 Å². The van der Waals surface area contributed by atoms with E-state index in [-0.39, 0.29) is 12.3 Å². The second-order valence-electron chi connectivity index (χ2n) is 8.77. The van der Waals surface area contributed by atoms with Crippen molar-refractivity contribution in [1.29, 1.82) is 0 Å². The van der Waals surface area contributed by atoms with Crippen molar-refractivity contribution in [2.45, 2.75) is 44.9 Å². The van der Waals surface area contributed by atoms with Crippen LogP contribution in [-0.2, 0) is 16.0 Å². The van der Waals surface area contributed by atoms with Crippen LogP contribution in [0.1, 0.15) is 43.1 Å². The molecule has 1 aliphatic heterocycles. The molecule has 0 radical (unpaired) electrons. The highest BCUT2D eigenvalue weighted by molar-refractivity contribution is 6.20. The van der Waals surface area contributed by atoms with Crippen LogP contribution >= 0.6 is 0 Å². The van der Waals surface area contributed by atoms with Gasteiger partial charge in [-0.1, -0.05) is 68.3 Å². The van der Waals surface area contributed by atoms with Crippen LogP contribution in [0.5, 0.6) is 0 Å². The zero-order valence-electron chi connectivity index (χ0n) is 20.1. The van der Waals surface area contributed by atoms with Gasteiger partial charge in [-0.15, -0.1) is 0 Å². The SMILES string of the molecule is CCCC[C@H](O)[C@@H](Cc1ccco1)C(=O)NC1N=C(c2ccccc2)c2ccccc2N(C)C1=O. The quantitative estimate of drug-likeness (QED) is 0.492. The van der Waals surface area contributed by atoms with Gasteiger partial charge in [0.25, 0.3) is 5.91 Å².